The Kier molecular flexibility index (Phi) is 2.76. The Morgan fingerprint density at radius 1 is 1.44 bits per heavy atom. The van der Waals surface area contributed by atoms with E-state index in [0.29, 0.717) is 11.6 Å². The lowest BCUT2D eigenvalue weighted by molar-refractivity contribution is 0.454. The van der Waals surface area contributed by atoms with Gasteiger partial charge in [-0.05, 0) is 19.9 Å². The zero-order chi connectivity index (χ0) is 11.5. The van der Waals surface area contributed by atoms with Gasteiger partial charge in [0.25, 0.3) is 0 Å². The smallest absolute Gasteiger partial charge is 0.216 e. The van der Waals surface area contributed by atoms with Crippen molar-refractivity contribution in [2.24, 2.45) is 0 Å². The maximum absolute atomic E-state index is 5.78. The van der Waals surface area contributed by atoms with Crippen LogP contribution in [0.1, 0.15) is 24.6 Å². The average molecular weight is 218 g/mol. The largest absolute Gasteiger partial charge is 0.444 e. The summed E-state index contributed by atoms with van der Waals surface area (Å²) in [5.74, 6) is 1.44. The van der Waals surface area contributed by atoms with Crippen LogP contribution in [0.15, 0.2) is 29.1 Å². The van der Waals surface area contributed by atoms with Gasteiger partial charge < -0.3 is 15.5 Å². The van der Waals surface area contributed by atoms with Gasteiger partial charge in [0.1, 0.15) is 11.8 Å². The quantitative estimate of drug-likeness (QED) is 0.825. The molecule has 0 saturated heterocycles. The summed E-state index contributed by atoms with van der Waals surface area (Å²) in [6.45, 7) is 3.83. The van der Waals surface area contributed by atoms with Crippen molar-refractivity contribution in [3.05, 3.63) is 36.3 Å². The second kappa shape index (κ2) is 4.22. The molecular weight excluding hydrogens is 204 g/mol. The second-order valence-electron chi connectivity index (χ2n) is 3.64. The third-order valence-electron chi connectivity index (χ3n) is 2.23. The third-order valence-corrected chi connectivity index (χ3v) is 2.23. The highest BCUT2D eigenvalue weighted by Crippen LogP contribution is 2.22. The van der Waals surface area contributed by atoms with Gasteiger partial charge in [0.15, 0.2) is 0 Å². The van der Waals surface area contributed by atoms with Crippen molar-refractivity contribution in [2.75, 3.05) is 11.1 Å². The normalized spacial score (nSPS) is 12.4. The summed E-state index contributed by atoms with van der Waals surface area (Å²) in [5, 5.41) is 3.22. The lowest BCUT2D eigenvalue weighted by atomic mass is 10.3. The summed E-state index contributed by atoms with van der Waals surface area (Å²) in [5.41, 5.74) is 7.22. The van der Waals surface area contributed by atoms with Gasteiger partial charge in [-0.25, -0.2) is 4.98 Å². The van der Waals surface area contributed by atoms with Crippen molar-refractivity contribution in [1.82, 2.24) is 9.97 Å². The topological polar surface area (TPSA) is 77.0 Å². The summed E-state index contributed by atoms with van der Waals surface area (Å²) in [4.78, 5) is 8.08. The molecule has 16 heavy (non-hydrogen) atoms. The van der Waals surface area contributed by atoms with Gasteiger partial charge in [0.05, 0.1) is 23.8 Å². The van der Waals surface area contributed by atoms with Crippen molar-refractivity contribution in [3.63, 3.8) is 0 Å². The van der Waals surface area contributed by atoms with Crippen LogP contribution in [0.5, 0.6) is 0 Å². The Labute approximate surface area is 93.7 Å². The van der Waals surface area contributed by atoms with Crippen LogP contribution in [0.3, 0.4) is 0 Å². The highest BCUT2D eigenvalue weighted by molar-refractivity contribution is 5.64. The molecule has 5 heteroatoms. The second-order valence-corrected chi connectivity index (χ2v) is 3.64. The molecule has 84 valence electrons. The third kappa shape index (κ3) is 2.13. The molecule has 0 radical (unpaired) electrons. The molecule has 3 N–H and O–H groups in total. The van der Waals surface area contributed by atoms with Gasteiger partial charge in [-0.15, -0.1) is 0 Å². The molecule has 0 amide bonds. The van der Waals surface area contributed by atoms with Crippen molar-refractivity contribution in [3.8, 4) is 0 Å². The summed E-state index contributed by atoms with van der Waals surface area (Å²) in [7, 11) is 0. The maximum Gasteiger partial charge on any atom is 0.216 e. The Balaban J connectivity index is 2.13. The average Bonchev–Trinajstić information content (AvgIpc) is 2.68. The van der Waals surface area contributed by atoms with E-state index >= 15 is 0 Å². The molecule has 1 atom stereocenters. The molecule has 1 unspecified atom stereocenters. The van der Waals surface area contributed by atoms with Gasteiger partial charge in [0.2, 0.25) is 5.89 Å². The number of aromatic nitrogens is 2. The summed E-state index contributed by atoms with van der Waals surface area (Å²) in [6, 6.07) is 1.79. The number of hydrogen-bond acceptors (Lipinski definition) is 5. The summed E-state index contributed by atoms with van der Waals surface area (Å²) >= 11 is 0. The van der Waals surface area contributed by atoms with E-state index < -0.39 is 0 Å². The molecule has 2 aromatic heterocycles. The van der Waals surface area contributed by atoms with E-state index in [0.717, 1.165) is 11.4 Å². The molecule has 0 aliphatic rings. The Bertz CT molecular complexity index is 480. The maximum atomic E-state index is 5.78. The van der Waals surface area contributed by atoms with Gasteiger partial charge in [-0.2, -0.15) is 0 Å². The zero-order valence-electron chi connectivity index (χ0n) is 9.27. The van der Waals surface area contributed by atoms with Gasteiger partial charge in [-0.3, -0.25) is 4.98 Å². The standard InChI is InChI=1S/C11H14N4O/c1-7-5-14-11(16-7)8(2)15-10-3-4-13-6-9(10)12/h3-6,8H,12H2,1-2H3,(H,13,15). The van der Waals surface area contributed by atoms with Crippen LogP contribution in [-0.4, -0.2) is 9.97 Å². The SMILES string of the molecule is Cc1cnc(C(C)Nc2ccncc2N)o1. The molecule has 2 aromatic rings. The first-order valence-corrected chi connectivity index (χ1v) is 5.05. The van der Waals surface area contributed by atoms with Crippen molar-refractivity contribution in [2.45, 2.75) is 19.9 Å². The van der Waals surface area contributed by atoms with E-state index in [9.17, 15) is 0 Å². The van der Waals surface area contributed by atoms with Crippen LogP contribution in [0.4, 0.5) is 11.4 Å². The predicted molar refractivity (Wildman–Crippen MR) is 61.9 cm³/mol. The fraction of sp³-hybridized carbons (Fsp3) is 0.273. The van der Waals surface area contributed by atoms with E-state index in [1.807, 2.05) is 19.9 Å². The van der Waals surface area contributed by atoms with Crippen LogP contribution >= 0.6 is 0 Å². The Hall–Kier alpha value is -2.04. The number of hydrogen-bond donors (Lipinski definition) is 2. The van der Waals surface area contributed by atoms with Crippen molar-refractivity contribution < 1.29 is 4.42 Å². The number of nitrogens with zero attached hydrogens (tertiary/aromatic N) is 2. The fourth-order valence-corrected chi connectivity index (χ4v) is 1.41. The number of oxazole rings is 1. The van der Waals surface area contributed by atoms with Crippen molar-refractivity contribution >= 4 is 11.4 Å². The number of anilines is 2. The van der Waals surface area contributed by atoms with E-state index in [4.69, 9.17) is 10.2 Å². The van der Waals surface area contributed by atoms with Gasteiger partial charge in [0, 0.05) is 6.20 Å². The van der Waals surface area contributed by atoms with Gasteiger partial charge in [-0.1, -0.05) is 0 Å². The minimum absolute atomic E-state index is 0.0293. The predicted octanol–water partition coefficient (Wildman–Crippen LogP) is 2.13. The Morgan fingerprint density at radius 2 is 2.25 bits per heavy atom. The van der Waals surface area contributed by atoms with Crippen LogP contribution in [0.25, 0.3) is 0 Å². The van der Waals surface area contributed by atoms with E-state index in [2.05, 4.69) is 15.3 Å². The minimum Gasteiger partial charge on any atom is -0.444 e. The molecule has 0 aromatic carbocycles. The highest BCUT2D eigenvalue weighted by Gasteiger charge is 2.11. The first-order valence-electron chi connectivity index (χ1n) is 5.05. The lowest BCUT2D eigenvalue weighted by Crippen LogP contribution is -2.08. The van der Waals surface area contributed by atoms with Crippen LogP contribution in [0, 0.1) is 6.92 Å². The van der Waals surface area contributed by atoms with Crippen LogP contribution in [-0.2, 0) is 0 Å². The highest BCUT2D eigenvalue weighted by atomic mass is 16.4. The van der Waals surface area contributed by atoms with Crippen molar-refractivity contribution in [1.29, 1.82) is 0 Å². The molecule has 2 rings (SSSR count). The molecule has 0 aliphatic carbocycles. The molecule has 0 saturated carbocycles. The molecule has 0 fully saturated rings. The zero-order valence-corrected chi connectivity index (χ0v) is 9.27. The molecule has 0 bridgehead atoms. The van der Waals surface area contributed by atoms with E-state index in [1.165, 1.54) is 0 Å². The number of pyridine rings is 1. The van der Waals surface area contributed by atoms with E-state index in [-0.39, 0.29) is 6.04 Å². The van der Waals surface area contributed by atoms with Gasteiger partial charge >= 0.3 is 0 Å². The monoisotopic (exact) mass is 218 g/mol. The lowest BCUT2D eigenvalue weighted by Gasteiger charge is -2.13. The van der Waals surface area contributed by atoms with Crippen LogP contribution < -0.4 is 11.1 Å². The Morgan fingerprint density at radius 3 is 2.88 bits per heavy atom. The first-order chi connectivity index (χ1) is 7.66. The first kappa shape index (κ1) is 10.5. The molecule has 0 aliphatic heterocycles. The minimum atomic E-state index is -0.0293. The summed E-state index contributed by atoms with van der Waals surface area (Å²) < 4.78 is 5.43. The number of nitrogens with two attached hydrogens (primary N) is 1. The summed E-state index contributed by atoms with van der Waals surface area (Å²) in [6.07, 6.45) is 4.99. The molecule has 0 spiro atoms. The molecule has 2 heterocycles. The van der Waals surface area contributed by atoms with Crippen LogP contribution in [0.2, 0.25) is 0 Å². The molecular formula is C11H14N4O. The molecule has 5 nitrogen and oxygen atoms in total. The fourth-order valence-electron chi connectivity index (χ4n) is 1.41. The number of aryl methyl sites for hydroxylation is 1. The number of nitrogens with one attached hydrogen (secondary N) is 1. The number of rotatable bonds is 3. The van der Waals surface area contributed by atoms with E-state index in [1.54, 1.807) is 18.6 Å². The number of nitrogen functional groups attached to an aromatic ring is 1.